The zero-order chi connectivity index (χ0) is 15.5. The second-order valence-electron chi connectivity index (χ2n) is 5.76. The molecule has 6 heteroatoms. The van der Waals surface area contributed by atoms with Crippen molar-refractivity contribution in [2.75, 3.05) is 20.6 Å². The lowest BCUT2D eigenvalue weighted by Gasteiger charge is -2.36. The summed E-state index contributed by atoms with van der Waals surface area (Å²) < 4.78 is 27.7. The lowest BCUT2D eigenvalue weighted by Crippen LogP contribution is -2.48. The van der Waals surface area contributed by atoms with E-state index in [0.29, 0.717) is 6.54 Å². The first-order valence-corrected chi connectivity index (χ1v) is 8.78. The van der Waals surface area contributed by atoms with Crippen LogP contribution in [0.2, 0.25) is 0 Å². The average Bonchev–Trinajstić information content (AvgIpc) is 2.47. The van der Waals surface area contributed by atoms with Gasteiger partial charge in [-0.3, -0.25) is 0 Å². The smallest absolute Gasteiger partial charge is 0.281 e. The number of phenols is 1. The van der Waals surface area contributed by atoms with Gasteiger partial charge in [-0.25, -0.2) is 0 Å². The van der Waals surface area contributed by atoms with Gasteiger partial charge in [0.2, 0.25) is 0 Å². The van der Waals surface area contributed by atoms with Gasteiger partial charge >= 0.3 is 0 Å². The maximum Gasteiger partial charge on any atom is 0.281 e. The molecule has 1 aliphatic heterocycles. The molecule has 21 heavy (non-hydrogen) atoms. The van der Waals surface area contributed by atoms with Gasteiger partial charge in [0.1, 0.15) is 5.75 Å². The van der Waals surface area contributed by atoms with Crippen LogP contribution in [0, 0.1) is 0 Å². The summed E-state index contributed by atoms with van der Waals surface area (Å²) in [6.07, 6.45) is 4.58. The van der Waals surface area contributed by atoms with Gasteiger partial charge in [-0.1, -0.05) is 18.6 Å². The van der Waals surface area contributed by atoms with Gasteiger partial charge in [0, 0.05) is 26.7 Å². The van der Waals surface area contributed by atoms with E-state index in [1.54, 1.807) is 30.5 Å². The van der Waals surface area contributed by atoms with Crippen LogP contribution >= 0.6 is 0 Å². The first-order chi connectivity index (χ1) is 9.91. The number of piperidine rings is 1. The van der Waals surface area contributed by atoms with E-state index in [0.717, 1.165) is 37.7 Å². The molecule has 0 unspecified atom stereocenters. The third-order valence-electron chi connectivity index (χ3n) is 4.03. The van der Waals surface area contributed by atoms with E-state index in [2.05, 4.69) is 0 Å². The van der Waals surface area contributed by atoms with Gasteiger partial charge in [0.05, 0.1) is 0 Å². The molecule has 5 nitrogen and oxygen atoms in total. The van der Waals surface area contributed by atoms with Gasteiger partial charge in [-0.2, -0.15) is 17.0 Å². The third kappa shape index (κ3) is 3.96. The van der Waals surface area contributed by atoms with E-state index in [9.17, 15) is 13.5 Å². The Morgan fingerprint density at radius 3 is 2.52 bits per heavy atom. The fourth-order valence-electron chi connectivity index (χ4n) is 2.77. The van der Waals surface area contributed by atoms with Crippen molar-refractivity contribution in [3.05, 3.63) is 29.8 Å². The van der Waals surface area contributed by atoms with Gasteiger partial charge < -0.3 is 5.11 Å². The van der Waals surface area contributed by atoms with Crippen molar-refractivity contribution in [3.63, 3.8) is 0 Å². The van der Waals surface area contributed by atoms with Crippen molar-refractivity contribution < 1.29 is 13.5 Å². The van der Waals surface area contributed by atoms with Crippen LogP contribution in [-0.4, -0.2) is 48.8 Å². The van der Waals surface area contributed by atoms with Gasteiger partial charge in [-0.15, -0.1) is 0 Å². The van der Waals surface area contributed by atoms with E-state index in [-0.39, 0.29) is 11.8 Å². The number of hydrogen-bond donors (Lipinski definition) is 1. The molecule has 0 bridgehead atoms. The summed E-state index contributed by atoms with van der Waals surface area (Å²) in [5.41, 5.74) is 1.13. The maximum absolute atomic E-state index is 12.4. The Balaban J connectivity index is 2.04. The van der Waals surface area contributed by atoms with Gasteiger partial charge in [0.25, 0.3) is 10.2 Å². The minimum atomic E-state index is -3.33. The zero-order valence-corrected chi connectivity index (χ0v) is 13.5. The Hall–Kier alpha value is -1.11. The molecule has 0 saturated carbocycles. The van der Waals surface area contributed by atoms with Gasteiger partial charge in [-0.05, 0) is 43.4 Å². The summed E-state index contributed by atoms with van der Waals surface area (Å²) in [6.45, 7) is 0.612. The van der Waals surface area contributed by atoms with Crippen molar-refractivity contribution in [2.45, 2.75) is 38.1 Å². The number of phenolic OH excluding ortho intramolecular Hbond substituents is 1. The number of hydrogen-bond acceptors (Lipinski definition) is 3. The molecular weight excluding hydrogens is 288 g/mol. The second kappa shape index (κ2) is 6.77. The van der Waals surface area contributed by atoms with Gasteiger partial charge in [0.15, 0.2) is 0 Å². The Labute approximate surface area is 127 Å². The SMILES string of the molecule is CN(C)S(=O)(=O)N1CCCC[C@H]1CCc1ccc(O)cc1. The molecule has 1 heterocycles. The highest BCUT2D eigenvalue weighted by Crippen LogP contribution is 2.25. The lowest BCUT2D eigenvalue weighted by molar-refractivity contribution is 0.229. The van der Waals surface area contributed by atoms with Crippen LogP contribution in [0.4, 0.5) is 0 Å². The predicted octanol–water partition coefficient (Wildman–Crippen LogP) is 1.99. The summed E-state index contributed by atoms with van der Waals surface area (Å²) in [4.78, 5) is 0. The first-order valence-electron chi connectivity index (χ1n) is 7.38. The largest absolute Gasteiger partial charge is 0.508 e. The van der Waals surface area contributed by atoms with Crippen molar-refractivity contribution >= 4 is 10.2 Å². The van der Waals surface area contributed by atoms with Crippen LogP contribution in [0.5, 0.6) is 5.75 Å². The molecule has 0 radical (unpaired) electrons. The second-order valence-corrected chi connectivity index (χ2v) is 7.85. The molecule has 1 aromatic carbocycles. The summed E-state index contributed by atoms with van der Waals surface area (Å²) in [5, 5.41) is 9.29. The zero-order valence-electron chi connectivity index (χ0n) is 12.7. The third-order valence-corrected chi connectivity index (χ3v) is 6.03. The quantitative estimate of drug-likeness (QED) is 0.904. The van der Waals surface area contributed by atoms with Crippen LogP contribution in [0.15, 0.2) is 24.3 Å². The number of benzene rings is 1. The number of aryl methyl sites for hydroxylation is 1. The molecule has 1 fully saturated rings. The molecular formula is C15H24N2O3S. The van der Waals surface area contributed by atoms with E-state index >= 15 is 0 Å². The molecule has 0 amide bonds. The van der Waals surface area contributed by atoms with Crippen LogP contribution in [0.1, 0.15) is 31.2 Å². The normalized spacial score (nSPS) is 20.8. The predicted molar refractivity (Wildman–Crippen MR) is 83.4 cm³/mol. The van der Waals surface area contributed by atoms with Crippen molar-refractivity contribution in [3.8, 4) is 5.75 Å². The fourth-order valence-corrected chi connectivity index (χ4v) is 4.14. The molecule has 118 valence electrons. The van der Waals surface area contributed by atoms with Crippen molar-refractivity contribution in [1.29, 1.82) is 0 Å². The Bertz CT molecular complexity index is 555. The van der Waals surface area contributed by atoms with Crippen LogP contribution in [-0.2, 0) is 16.6 Å². The number of rotatable bonds is 5. The highest BCUT2D eigenvalue weighted by Gasteiger charge is 2.33. The van der Waals surface area contributed by atoms with E-state index < -0.39 is 10.2 Å². The molecule has 1 N–H and O–H groups in total. The Kier molecular flexibility index (Phi) is 5.24. The lowest BCUT2D eigenvalue weighted by atomic mass is 9.98. The number of nitrogens with zero attached hydrogens (tertiary/aromatic N) is 2. The fraction of sp³-hybridized carbons (Fsp3) is 0.600. The van der Waals surface area contributed by atoms with E-state index in [1.165, 1.54) is 4.31 Å². The van der Waals surface area contributed by atoms with E-state index in [1.807, 2.05) is 12.1 Å². The molecule has 1 saturated heterocycles. The molecule has 0 aliphatic carbocycles. The molecule has 0 aromatic heterocycles. The summed E-state index contributed by atoms with van der Waals surface area (Å²) >= 11 is 0. The summed E-state index contributed by atoms with van der Waals surface area (Å²) in [7, 11) is -0.165. The van der Waals surface area contributed by atoms with Crippen molar-refractivity contribution in [2.24, 2.45) is 0 Å². The number of aromatic hydroxyl groups is 1. The van der Waals surface area contributed by atoms with Crippen LogP contribution in [0.3, 0.4) is 0 Å². The van der Waals surface area contributed by atoms with Crippen LogP contribution < -0.4 is 0 Å². The first kappa shape index (κ1) is 16.3. The topological polar surface area (TPSA) is 60.9 Å². The average molecular weight is 312 g/mol. The van der Waals surface area contributed by atoms with Crippen molar-refractivity contribution in [1.82, 2.24) is 8.61 Å². The molecule has 1 aliphatic rings. The Morgan fingerprint density at radius 2 is 1.90 bits per heavy atom. The monoisotopic (exact) mass is 312 g/mol. The maximum atomic E-state index is 12.4. The molecule has 0 spiro atoms. The molecule has 1 atom stereocenters. The molecule has 2 rings (SSSR count). The molecule has 1 aromatic rings. The summed E-state index contributed by atoms with van der Waals surface area (Å²) in [6, 6.07) is 7.20. The Morgan fingerprint density at radius 1 is 1.24 bits per heavy atom. The highest BCUT2D eigenvalue weighted by atomic mass is 32.2. The minimum Gasteiger partial charge on any atom is -0.508 e. The standard InChI is InChI=1S/C15H24N2O3S/c1-16(2)21(19,20)17-12-4-3-5-14(17)9-6-13-7-10-15(18)11-8-13/h7-8,10-11,14,18H,3-6,9,12H2,1-2H3/t14-/m0/s1. The summed E-state index contributed by atoms with van der Waals surface area (Å²) in [5.74, 6) is 0.258. The van der Waals surface area contributed by atoms with E-state index in [4.69, 9.17) is 0 Å². The minimum absolute atomic E-state index is 0.0694. The highest BCUT2D eigenvalue weighted by molar-refractivity contribution is 7.86. The van der Waals surface area contributed by atoms with Crippen LogP contribution in [0.25, 0.3) is 0 Å².